The van der Waals surface area contributed by atoms with Gasteiger partial charge in [-0.15, -0.1) is 23.5 Å². The molecule has 3 N–H and O–H groups in total. The first-order chi connectivity index (χ1) is 8.10. The van der Waals surface area contributed by atoms with Gasteiger partial charge in [-0.25, -0.2) is 4.79 Å². The highest BCUT2D eigenvalue weighted by Crippen LogP contribution is 2.30. The Bertz CT molecular complexity index is 395. The van der Waals surface area contributed by atoms with Crippen molar-refractivity contribution in [1.29, 1.82) is 0 Å². The second-order valence-corrected chi connectivity index (χ2v) is 5.20. The Hall–Kier alpha value is -0.690. The molecule has 0 fully saturated rings. The first-order valence-corrected chi connectivity index (χ1v) is 7.13. The maximum Gasteiger partial charge on any atom is 0.337 e. The molecule has 0 aromatic heterocycles. The predicted molar refractivity (Wildman–Crippen MR) is 69.0 cm³/mol. The van der Waals surface area contributed by atoms with Crippen LogP contribution >= 0.6 is 23.5 Å². The molecule has 1 unspecified atom stereocenters. The zero-order valence-corrected chi connectivity index (χ0v) is 10.9. The number of aliphatic hydroxyl groups excluding tert-OH is 2. The van der Waals surface area contributed by atoms with Crippen LogP contribution in [0.2, 0.25) is 0 Å². The molecule has 0 bridgehead atoms. The van der Waals surface area contributed by atoms with Crippen molar-refractivity contribution in [3.05, 3.63) is 23.8 Å². The van der Waals surface area contributed by atoms with E-state index in [0.717, 1.165) is 0 Å². The zero-order chi connectivity index (χ0) is 12.8. The molecule has 6 heteroatoms. The first kappa shape index (κ1) is 14.4. The second-order valence-electron chi connectivity index (χ2n) is 3.29. The van der Waals surface area contributed by atoms with Crippen molar-refractivity contribution in [2.75, 3.05) is 18.6 Å². The summed E-state index contributed by atoms with van der Waals surface area (Å²) in [5.74, 6) is -0.704. The number of hydrogen-bond acceptors (Lipinski definition) is 5. The third-order valence-corrected chi connectivity index (χ3v) is 4.05. The number of rotatable bonds is 6. The van der Waals surface area contributed by atoms with Crippen LogP contribution in [0.3, 0.4) is 0 Å². The number of carboxylic acid groups (broad SMARTS) is 1. The minimum absolute atomic E-state index is 0.259. The van der Waals surface area contributed by atoms with Crippen molar-refractivity contribution in [1.82, 2.24) is 0 Å². The average Bonchev–Trinajstić information content (AvgIpc) is 2.34. The molecule has 0 radical (unpaired) electrons. The van der Waals surface area contributed by atoms with Gasteiger partial charge in [0.1, 0.15) is 0 Å². The van der Waals surface area contributed by atoms with Gasteiger partial charge in [0.25, 0.3) is 0 Å². The highest BCUT2D eigenvalue weighted by Gasteiger charge is 2.16. The fourth-order valence-electron chi connectivity index (χ4n) is 1.25. The first-order valence-electron chi connectivity index (χ1n) is 4.92. The number of aliphatic hydroxyl groups is 2. The standard InChI is InChI=1S/C11H14O4S2/c1-16-8-3-2-4-9(10(8)11(14)15)17-6-7(13)5-12/h2-4,7,12-13H,5-6H2,1H3,(H,14,15). The van der Waals surface area contributed by atoms with E-state index >= 15 is 0 Å². The van der Waals surface area contributed by atoms with Gasteiger partial charge in [0.15, 0.2) is 0 Å². The Kier molecular flexibility index (Phi) is 5.84. The van der Waals surface area contributed by atoms with Gasteiger partial charge in [0.05, 0.1) is 18.3 Å². The van der Waals surface area contributed by atoms with E-state index in [1.807, 2.05) is 6.26 Å². The molecule has 1 rings (SSSR count). The lowest BCUT2D eigenvalue weighted by atomic mass is 10.2. The molecule has 0 aliphatic rings. The van der Waals surface area contributed by atoms with E-state index in [-0.39, 0.29) is 17.9 Å². The molecule has 0 heterocycles. The van der Waals surface area contributed by atoms with Crippen LogP contribution in [0.5, 0.6) is 0 Å². The molecule has 0 spiro atoms. The number of carbonyl (C=O) groups is 1. The minimum Gasteiger partial charge on any atom is -0.478 e. The van der Waals surface area contributed by atoms with Gasteiger partial charge in [-0.05, 0) is 18.4 Å². The minimum atomic E-state index is -0.976. The monoisotopic (exact) mass is 274 g/mol. The Labute approximate surface area is 108 Å². The molecule has 1 aromatic carbocycles. The van der Waals surface area contributed by atoms with Crippen LogP contribution in [0.15, 0.2) is 28.0 Å². The fraction of sp³-hybridized carbons (Fsp3) is 0.364. The van der Waals surface area contributed by atoms with Gasteiger partial charge in [0.2, 0.25) is 0 Å². The summed E-state index contributed by atoms with van der Waals surface area (Å²) in [5.41, 5.74) is 0.259. The van der Waals surface area contributed by atoms with Gasteiger partial charge in [-0.3, -0.25) is 0 Å². The van der Waals surface area contributed by atoms with E-state index in [9.17, 15) is 9.90 Å². The molecule has 1 aromatic rings. The SMILES string of the molecule is CSc1cccc(SCC(O)CO)c1C(=O)O. The molecular formula is C11H14O4S2. The van der Waals surface area contributed by atoms with Crippen LogP contribution in [-0.2, 0) is 0 Å². The average molecular weight is 274 g/mol. The third kappa shape index (κ3) is 3.92. The van der Waals surface area contributed by atoms with E-state index in [0.29, 0.717) is 9.79 Å². The summed E-state index contributed by atoms with van der Waals surface area (Å²) in [6.45, 7) is -0.322. The van der Waals surface area contributed by atoms with E-state index < -0.39 is 12.1 Å². The summed E-state index contributed by atoms with van der Waals surface area (Å²) in [6, 6.07) is 5.24. The van der Waals surface area contributed by atoms with Gasteiger partial charge in [-0.1, -0.05) is 6.07 Å². The van der Waals surface area contributed by atoms with Crippen LogP contribution in [-0.4, -0.2) is 46.0 Å². The molecule has 0 amide bonds. The summed E-state index contributed by atoms with van der Waals surface area (Å²) < 4.78 is 0. The summed E-state index contributed by atoms with van der Waals surface area (Å²) >= 11 is 2.61. The Morgan fingerprint density at radius 1 is 1.41 bits per heavy atom. The van der Waals surface area contributed by atoms with E-state index in [2.05, 4.69) is 0 Å². The van der Waals surface area contributed by atoms with Gasteiger partial charge in [-0.2, -0.15) is 0 Å². The van der Waals surface area contributed by atoms with Crippen molar-refractivity contribution in [3.63, 3.8) is 0 Å². The van der Waals surface area contributed by atoms with Crippen LogP contribution < -0.4 is 0 Å². The third-order valence-electron chi connectivity index (χ3n) is 2.06. The maximum atomic E-state index is 11.2. The molecule has 1 atom stereocenters. The summed E-state index contributed by atoms with van der Waals surface area (Å²) in [4.78, 5) is 12.5. The molecule has 4 nitrogen and oxygen atoms in total. The molecular weight excluding hydrogens is 260 g/mol. The number of benzene rings is 1. The largest absolute Gasteiger partial charge is 0.478 e. The van der Waals surface area contributed by atoms with Crippen molar-refractivity contribution in [2.45, 2.75) is 15.9 Å². The van der Waals surface area contributed by atoms with E-state index in [1.165, 1.54) is 23.5 Å². The van der Waals surface area contributed by atoms with Crippen LogP contribution in [0.1, 0.15) is 10.4 Å². The van der Waals surface area contributed by atoms with E-state index in [1.54, 1.807) is 18.2 Å². The normalized spacial score (nSPS) is 12.4. The van der Waals surface area contributed by atoms with Crippen molar-refractivity contribution < 1.29 is 20.1 Å². The summed E-state index contributed by atoms with van der Waals surface area (Å²) in [5, 5.41) is 27.1. The van der Waals surface area contributed by atoms with Crippen molar-refractivity contribution in [2.24, 2.45) is 0 Å². The maximum absolute atomic E-state index is 11.2. The number of hydrogen-bond donors (Lipinski definition) is 3. The highest BCUT2D eigenvalue weighted by molar-refractivity contribution is 8.00. The number of aromatic carboxylic acids is 1. The zero-order valence-electron chi connectivity index (χ0n) is 9.29. The molecule has 0 aliphatic heterocycles. The fourth-order valence-corrected chi connectivity index (χ4v) is 2.93. The predicted octanol–water partition coefficient (Wildman–Crippen LogP) is 1.55. The molecule has 17 heavy (non-hydrogen) atoms. The van der Waals surface area contributed by atoms with E-state index in [4.69, 9.17) is 10.2 Å². The topological polar surface area (TPSA) is 77.8 Å². The number of thioether (sulfide) groups is 2. The van der Waals surface area contributed by atoms with Crippen LogP contribution in [0, 0.1) is 0 Å². The van der Waals surface area contributed by atoms with Gasteiger partial charge < -0.3 is 15.3 Å². The Morgan fingerprint density at radius 3 is 2.59 bits per heavy atom. The smallest absolute Gasteiger partial charge is 0.337 e. The summed E-state index contributed by atoms with van der Waals surface area (Å²) in [6.07, 6.45) is 0.985. The van der Waals surface area contributed by atoms with Gasteiger partial charge >= 0.3 is 5.97 Å². The lowest BCUT2D eigenvalue weighted by Crippen LogP contribution is -2.15. The molecule has 0 saturated carbocycles. The highest BCUT2D eigenvalue weighted by atomic mass is 32.2. The Balaban J connectivity index is 2.94. The number of carboxylic acids is 1. The van der Waals surface area contributed by atoms with Gasteiger partial charge in [0, 0.05) is 15.5 Å². The lowest BCUT2D eigenvalue weighted by Gasteiger charge is -2.11. The van der Waals surface area contributed by atoms with Crippen LogP contribution in [0.4, 0.5) is 0 Å². The van der Waals surface area contributed by atoms with Crippen molar-refractivity contribution >= 4 is 29.5 Å². The molecule has 94 valence electrons. The van der Waals surface area contributed by atoms with Crippen molar-refractivity contribution in [3.8, 4) is 0 Å². The second kappa shape index (κ2) is 6.90. The molecule has 0 aliphatic carbocycles. The van der Waals surface area contributed by atoms with Crippen LogP contribution in [0.25, 0.3) is 0 Å². The summed E-state index contributed by atoms with van der Waals surface area (Å²) in [7, 11) is 0. The lowest BCUT2D eigenvalue weighted by molar-refractivity contribution is 0.0689. The Morgan fingerprint density at radius 2 is 2.06 bits per heavy atom. The molecule has 0 saturated heterocycles. The quantitative estimate of drug-likeness (QED) is 0.683.